The minimum atomic E-state index is 0.175. The molecular formula is C23H25NO. The van der Waals surface area contributed by atoms with Gasteiger partial charge in [-0.2, -0.15) is 0 Å². The zero-order valence-corrected chi connectivity index (χ0v) is 14.5. The van der Waals surface area contributed by atoms with Crippen molar-refractivity contribution in [2.45, 2.75) is 19.0 Å². The Morgan fingerprint density at radius 3 is 1.64 bits per heavy atom. The fraction of sp³-hybridized carbons (Fsp3) is 0.217. The van der Waals surface area contributed by atoms with Gasteiger partial charge in [0.1, 0.15) is 0 Å². The highest BCUT2D eigenvalue weighted by Crippen LogP contribution is 2.30. The van der Waals surface area contributed by atoms with Gasteiger partial charge in [0.25, 0.3) is 0 Å². The Hall–Kier alpha value is -2.42. The molecule has 0 unspecified atom stereocenters. The van der Waals surface area contributed by atoms with E-state index in [1.165, 1.54) is 16.7 Å². The zero-order valence-electron chi connectivity index (χ0n) is 14.5. The molecule has 0 saturated heterocycles. The first-order valence-electron chi connectivity index (χ1n) is 8.87. The van der Waals surface area contributed by atoms with Gasteiger partial charge in [0.2, 0.25) is 0 Å². The van der Waals surface area contributed by atoms with E-state index in [1.807, 2.05) is 6.07 Å². The van der Waals surface area contributed by atoms with Crippen LogP contribution in [-0.2, 0) is 6.54 Å². The third-order valence-corrected chi connectivity index (χ3v) is 4.43. The van der Waals surface area contributed by atoms with Crippen molar-refractivity contribution in [1.29, 1.82) is 0 Å². The normalized spacial score (nSPS) is 11.2. The maximum atomic E-state index is 9.38. The number of benzene rings is 3. The van der Waals surface area contributed by atoms with Crippen molar-refractivity contribution in [2.24, 2.45) is 0 Å². The van der Waals surface area contributed by atoms with Gasteiger partial charge in [0, 0.05) is 19.7 Å². The second-order valence-electron chi connectivity index (χ2n) is 6.26. The van der Waals surface area contributed by atoms with E-state index >= 15 is 0 Å². The number of hydrogen-bond acceptors (Lipinski definition) is 2. The maximum absolute atomic E-state index is 9.38. The molecule has 2 heteroatoms. The standard InChI is InChI=1S/C23H25NO/c25-18-10-17-24(19-20-11-4-1-5-12-20)23(21-13-6-2-7-14-21)22-15-8-3-9-16-22/h1-9,11-16,23,25H,10,17-19H2. The molecule has 0 aromatic heterocycles. The summed E-state index contributed by atoms with van der Waals surface area (Å²) in [7, 11) is 0. The van der Waals surface area contributed by atoms with Gasteiger partial charge in [-0.05, 0) is 23.1 Å². The highest BCUT2D eigenvalue weighted by molar-refractivity contribution is 5.32. The monoisotopic (exact) mass is 331 g/mol. The molecule has 0 bridgehead atoms. The summed E-state index contributed by atoms with van der Waals surface area (Å²) in [6.07, 6.45) is 0.767. The first kappa shape index (κ1) is 17.4. The summed E-state index contributed by atoms with van der Waals surface area (Å²) in [6, 6.07) is 32.0. The van der Waals surface area contributed by atoms with E-state index in [4.69, 9.17) is 0 Å². The van der Waals surface area contributed by atoms with Gasteiger partial charge >= 0.3 is 0 Å². The summed E-state index contributed by atoms with van der Waals surface area (Å²) in [6.45, 7) is 1.91. The average molecular weight is 331 g/mol. The Morgan fingerprint density at radius 1 is 0.680 bits per heavy atom. The van der Waals surface area contributed by atoms with Gasteiger partial charge in [-0.1, -0.05) is 91.0 Å². The molecule has 0 atom stereocenters. The molecular weight excluding hydrogens is 306 g/mol. The molecule has 2 nitrogen and oxygen atoms in total. The predicted octanol–water partition coefficient (Wildman–Crippen LogP) is 4.66. The molecule has 0 radical (unpaired) electrons. The maximum Gasteiger partial charge on any atom is 0.0604 e. The summed E-state index contributed by atoms with van der Waals surface area (Å²) < 4.78 is 0. The van der Waals surface area contributed by atoms with Gasteiger partial charge in [-0.25, -0.2) is 0 Å². The lowest BCUT2D eigenvalue weighted by molar-refractivity contribution is 0.187. The van der Waals surface area contributed by atoms with Crippen molar-refractivity contribution in [1.82, 2.24) is 4.90 Å². The van der Waals surface area contributed by atoms with Crippen molar-refractivity contribution < 1.29 is 5.11 Å². The largest absolute Gasteiger partial charge is 0.396 e. The molecule has 0 aliphatic heterocycles. The lowest BCUT2D eigenvalue weighted by Gasteiger charge is -2.32. The summed E-state index contributed by atoms with van der Waals surface area (Å²) in [5.41, 5.74) is 3.85. The van der Waals surface area contributed by atoms with Gasteiger partial charge in [-0.15, -0.1) is 0 Å². The number of nitrogens with zero attached hydrogens (tertiary/aromatic N) is 1. The van der Waals surface area contributed by atoms with Gasteiger partial charge in [0.05, 0.1) is 6.04 Å². The van der Waals surface area contributed by atoms with Crippen LogP contribution < -0.4 is 0 Å². The number of hydrogen-bond donors (Lipinski definition) is 1. The zero-order chi connectivity index (χ0) is 17.3. The SMILES string of the molecule is OCCCN(Cc1ccccc1)C(c1ccccc1)c1ccccc1. The molecule has 0 amide bonds. The molecule has 0 spiro atoms. The van der Waals surface area contributed by atoms with Crippen LogP contribution in [0, 0.1) is 0 Å². The Balaban J connectivity index is 1.97. The molecule has 128 valence electrons. The minimum Gasteiger partial charge on any atom is -0.396 e. The van der Waals surface area contributed by atoms with E-state index in [0.29, 0.717) is 0 Å². The van der Waals surface area contributed by atoms with E-state index < -0.39 is 0 Å². The van der Waals surface area contributed by atoms with E-state index in [-0.39, 0.29) is 12.6 Å². The summed E-state index contributed by atoms with van der Waals surface area (Å²) in [5, 5.41) is 9.38. The average Bonchev–Trinajstić information content (AvgIpc) is 2.69. The third-order valence-electron chi connectivity index (χ3n) is 4.43. The summed E-state index contributed by atoms with van der Waals surface area (Å²) >= 11 is 0. The second kappa shape index (κ2) is 9.16. The topological polar surface area (TPSA) is 23.5 Å². The van der Waals surface area contributed by atoms with Crippen LogP contribution in [0.15, 0.2) is 91.0 Å². The van der Waals surface area contributed by atoms with E-state index in [9.17, 15) is 5.11 Å². The second-order valence-corrected chi connectivity index (χ2v) is 6.26. The Labute approximate surface area is 150 Å². The van der Waals surface area contributed by atoms with Crippen molar-refractivity contribution in [3.63, 3.8) is 0 Å². The Kier molecular flexibility index (Phi) is 6.38. The molecule has 0 aliphatic carbocycles. The fourth-order valence-corrected chi connectivity index (χ4v) is 3.28. The van der Waals surface area contributed by atoms with Crippen molar-refractivity contribution in [2.75, 3.05) is 13.2 Å². The molecule has 25 heavy (non-hydrogen) atoms. The van der Waals surface area contributed by atoms with Crippen LogP contribution in [0.25, 0.3) is 0 Å². The lowest BCUT2D eigenvalue weighted by atomic mass is 9.96. The van der Waals surface area contributed by atoms with Crippen molar-refractivity contribution in [3.8, 4) is 0 Å². The van der Waals surface area contributed by atoms with Crippen LogP contribution in [0.4, 0.5) is 0 Å². The van der Waals surface area contributed by atoms with Gasteiger partial charge in [0.15, 0.2) is 0 Å². The first-order chi connectivity index (χ1) is 12.4. The highest BCUT2D eigenvalue weighted by Gasteiger charge is 2.22. The van der Waals surface area contributed by atoms with E-state index in [0.717, 1.165) is 19.5 Å². The van der Waals surface area contributed by atoms with Crippen LogP contribution in [0.3, 0.4) is 0 Å². The number of rotatable bonds is 8. The third kappa shape index (κ3) is 4.79. The molecule has 0 saturated carbocycles. The molecule has 3 aromatic carbocycles. The van der Waals surface area contributed by atoms with Crippen molar-refractivity contribution in [3.05, 3.63) is 108 Å². The summed E-state index contributed by atoms with van der Waals surface area (Å²) in [4.78, 5) is 2.45. The van der Waals surface area contributed by atoms with Crippen LogP contribution >= 0.6 is 0 Å². The molecule has 0 heterocycles. The highest BCUT2D eigenvalue weighted by atomic mass is 16.3. The van der Waals surface area contributed by atoms with Crippen LogP contribution in [0.2, 0.25) is 0 Å². The minimum absolute atomic E-state index is 0.175. The van der Waals surface area contributed by atoms with Crippen LogP contribution in [0.5, 0.6) is 0 Å². The van der Waals surface area contributed by atoms with Crippen LogP contribution in [-0.4, -0.2) is 23.2 Å². The smallest absolute Gasteiger partial charge is 0.0604 e. The molecule has 3 aromatic rings. The first-order valence-corrected chi connectivity index (χ1v) is 8.87. The van der Waals surface area contributed by atoms with Gasteiger partial charge < -0.3 is 5.11 Å². The lowest BCUT2D eigenvalue weighted by Crippen LogP contribution is -2.30. The molecule has 3 rings (SSSR count). The number of aliphatic hydroxyl groups is 1. The Bertz CT molecular complexity index is 688. The predicted molar refractivity (Wildman–Crippen MR) is 103 cm³/mol. The number of aliphatic hydroxyl groups excluding tert-OH is 1. The van der Waals surface area contributed by atoms with Crippen molar-refractivity contribution >= 4 is 0 Å². The molecule has 0 aliphatic rings. The summed E-state index contributed by atoms with van der Waals surface area (Å²) in [5.74, 6) is 0. The quantitative estimate of drug-likeness (QED) is 0.649. The fourth-order valence-electron chi connectivity index (χ4n) is 3.28. The molecule has 1 N–H and O–H groups in total. The Morgan fingerprint density at radius 2 is 1.16 bits per heavy atom. The van der Waals surface area contributed by atoms with E-state index in [2.05, 4.69) is 89.8 Å². The van der Waals surface area contributed by atoms with Crippen LogP contribution in [0.1, 0.15) is 29.2 Å². The molecule has 0 fully saturated rings. The van der Waals surface area contributed by atoms with E-state index in [1.54, 1.807) is 0 Å². The van der Waals surface area contributed by atoms with Gasteiger partial charge in [-0.3, -0.25) is 4.90 Å².